The van der Waals surface area contributed by atoms with E-state index in [-0.39, 0.29) is 12.0 Å². The van der Waals surface area contributed by atoms with E-state index >= 15 is 0 Å². The van der Waals surface area contributed by atoms with Crippen LogP contribution in [0.4, 0.5) is 14.5 Å². The molecule has 37 heavy (non-hydrogen) atoms. The van der Waals surface area contributed by atoms with Gasteiger partial charge < -0.3 is 16.4 Å². The molecule has 2 amide bonds. The van der Waals surface area contributed by atoms with Crippen molar-refractivity contribution >= 4 is 33.8 Å². The Kier molecular flexibility index (Phi) is 7.03. The first-order valence-corrected chi connectivity index (χ1v) is 13.0. The first kappa shape index (κ1) is 25.0. The molecular formula is C27H27F2N5O2S. The van der Waals surface area contributed by atoms with E-state index in [0.717, 1.165) is 53.7 Å². The summed E-state index contributed by atoms with van der Waals surface area (Å²) >= 11 is 1.72. The Morgan fingerprint density at radius 1 is 1.19 bits per heavy atom. The average Bonchev–Trinajstić information content (AvgIpc) is 3.41. The van der Waals surface area contributed by atoms with Crippen molar-refractivity contribution in [2.24, 2.45) is 5.73 Å². The predicted molar refractivity (Wildman–Crippen MR) is 140 cm³/mol. The van der Waals surface area contributed by atoms with Crippen molar-refractivity contribution in [2.75, 3.05) is 11.9 Å². The molecule has 10 heteroatoms. The van der Waals surface area contributed by atoms with Gasteiger partial charge in [-0.05, 0) is 56.0 Å². The molecule has 4 aromatic rings. The summed E-state index contributed by atoms with van der Waals surface area (Å²) < 4.78 is 28.8. The quantitative estimate of drug-likeness (QED) is 0.334. The van der Waals surface area contributed by atoms with Crippen molar-refractivity contribution in [1.82, 2.24) is 14.7 Å². The third kappa shape index (κ3) is 5.40. The van der Waals surface area contributed by atoms with Crippen LogP contribution in [-0.4, -0.2) is 33.8 Å². The van der Waals surface area contributed by atoms with Gasteiger partial charge in [0, 0.05) is 46.5 Å². The second-order valence-corrected chi connectivity index (χ2v) is 10.4. The monoisotopic (exact) mass is 523 g/mol. The summed E-state index contributed by atoms with van der Waals surface area (Å²) in [5.41, 5.74) is 9.84. The summed E-state index contributed by atoms with van der Waals surface area (Å²) in [6.45, 7) is 2.17. The molecule has 0 saturated heterocycles. The van der Waals surface area contributed by atoms with E-state index in [2.05, 4.69) is 15.0 Å². The largest absolute Gasteiger partial charge is 0.344 e. The number of thiazole rings is 1. The molecule has 2 atom stereocenters. The maximum absolute atomic E-state index is 13.3. The zero-order valence-electron chi connectivity index (χ0n) is 20.3. The van der Waals surface area contributed by atoms with Gasteiger partial charge in [0.05, 0.1) is 12.1 Å². The van der Waals surface area contributed by atoms with Gasteiger partial charge in [-0.25, -0.2) is 13.8 Å². The predicted octanol–water partition coefficient (Wildman–Crippen LogP) is 4.41. The van der Waals surface area contributed by atoms with Crippen LogP contribution in [0.15, 0.2) is 48.7 Å². The molecule has 2 aromatic carbocycles. The summed E-state index contributed by atoms with van der Waals surface area (Å²) in [6, 6.07) is 9.40. The Bertz CT molecular complexity index is 1440. The number of nitrogens with two attached hydrogens (primary N) is 1. The van der Waals surface area contributed by atoms with E-state index in [0.29, 0.717) is 18.2 Å². The molecule has 0 aliphatic heterocycles. The van der Waals surface area contributed by atoms with Crippen LogP contribution in [0.25, 0.3) is 16.2 Å². The Morgan fingerprint density at radius 3 is 2.62 bits per heavy atom. The zero-order chi connectivity index (χ0) is 26.1. The molecule has 5 rings (SSSR count). The van der Waals surface area contributed by atoms with Gasteiger partial charge in [-0.15, -0.1) is 11.3 Å². The highest BCUT2D eigenvalue weighted by Crippen LogP contribution is 2.37. The van der Waals surface area contributed by atoms with Crippen molar-refractivity contribution in [3.05, 3.63) is 76.4 Å². The number of aryl methyl sites for hydroxylation is 1. The van der Waals surface area contributed by atoms with Gasteiger partial charge in [0.2, 0.25) is 11.8 Å². The van der Waals surface area contributed by atoms with E-state index in [9.17, 15) is 18.4 Å². The normalized spacial score (nSPS) is 15.8. The number of carbonyl (C=O) groups is 2. The molecule has 2 aromatic heterocycles. The van der Waals surface area contributed by atoms with Gasteiger partial charge in [0.1, 0.15) is 17.7 Å². The number of nitrogens with zero attached hydrogens (tertiary/aromatic N) is 2. The Morgan fingerprint density at radius 2 is 1.92 bits per heavy atom. The fraction of sp³-hybridized carbons (Fsp3) is 0.296. The van der Waals surface area contributed by atoms with Crippen LogP contribution < -0.4 is 16.4 Å². The Hall–Kier alpha value is -3.63. The van der Waals surface area contributed by atoms with Gasteiger partial charge in [0.15, 0.2) is 4.96 Å². The molecule has 0 saturated carbocycles. The van der Waals surface area contributed by atoms with Gasteiger partial charge in [-0.1, -0.05) is 12.1 Å². The summed E-state index contributed by atoms with van der Waals surface area (Å²) in [7, 11) is 0. The first-order valence-electron chi connectivity index (χ1n) is 12.2. The van der Waals surface area contributed by atoms with Gasteiger partial charge >= 0.3 is 0 Å². The zero-order valence-corrected chi connectivity index (χ0v) is 21.1. The van der Waals surface area contributed by atoms with E-state index in [1.165, 1.54) is 10.6 Å². The number of anilines is 1. The second kappa shape index (κ2) is 10.4. The lowest BCUT2D eigenvalue weighted by atomic mass is 9.91. The molecule has 0 spiro atoms. The minimum Gasteiger partial charge on any atom is -0.344 e. The molecule has 1 aliphatic carbocycles. The Balaban J connectivity index is 1.21. The highest BCUT2D eigenvalue weighted by atomic mass is 32.1. The molecule has 4 N–H and O–H groups in total. The summed E-state index contributed by atoms with van der Waals surface area (Å²) in [5.74, 6) is -2.08. The summed E-state index contributed by atoms with van der Waals surface area (Å²) in [4.78, 5) is 32.0. The fourth-order valence-corrected chi connectivity index (χ4v) is 5.98. The van der Waals surface area contributed by atoms with Gasteiger partial charge in [0.25, 0.3) is 0 Å². The maximum atomic E-state index is 13.3. The van der Waals surface area contributed by atoms with Crippen molar-refractivity contribution < 1.29 is 18.4 Å². The van der Waals surface area contributed by atoms with Crippen molar-refractivity contribution in [3.63, 3.8) is 0 Å². The third-order valence-corrected chi connectivity index (χ3v) is 7.70. The van der Waals surface area contributed by atoms with Crippen LogP contribution in [-0.2, 0) is 22.4 Å². The number of aromatic nitrogens is 2. The van der Waals surface area contributed by atoms with Crippen LogP contribution >= 0.6 is 11.3 Å². The van der Waals surface area contributed by atoms with E-state index < -0.39 is 29.5 Å². The second-order valence-electron chi connectivity index (χ2n) is 9.32. The molecule has 0 fully saturated rings. The lowest BCUT2D eigenvalue weighted by molar-refractivity contribution is -0.125. The lowest BCUT2D eigenvalue weighted by Crippen LogP contribution is -2.42. The van der Waals surface area contributed by atoms with Crippen molar-refractivity contribution in [2.45, 2.75) is 44.6 Å². The number of amides is 2. The number of halogens is 2. The molecule has 2 heterocycles. The van der Waals surface area contributed by atoms with Crippen LogP contribution in [0, 0.1) is 11.6 Å². The van der Waals surface area contributed by atoms with Crippen LogP contribution in [0.3, 0.4) is 0 Å². The first-order chi connectivity index (χ1) is 17.8. The standard InChI is InChI=1S/C27H27F2N5O2S/c1-15(31-24(35)11-16-9-19(28)12-20(29)10-16)26(36)32-21-7-5-17(6-8-21)22-14-34-25-18(13-30)3-2-4-23(25)37-27(34)33-22/h5-10,12,14-15,18H,2-4,11,13,30H2,1H3,(H,31,35)(H,32,36)/t15-,18?/m1/s1. The SMILES string of the molecule is C[C@@H](NC(=O)Cc1cc(F)cc(F)c1)C(=O)Nc1ccc(-c2cn3c4c(sc3n2)CCCC4CN)cc1. The number of hydrogen-bond donors (Lipinski definition) is 3. The maximum Gasteiger partial charge on any atom is 0.246 e. The van der Waals surface area contributed by atoms with Gasteiger partial charge in [-0.3, -0.25) is 14.0 Å². The molecule has 7 nitrogen and oxygen atoms in total. The molecule has 1 unspecified atom stereocenters. The minimum atomic E-state index is -0.841. The number of carbonyl (C=O) groups excluding carboxylic acids is 2. The van der Waals surface area contributed by atoms with Crippen molar-refractivity contribution in [1.29, 1.82) is 0 Å². The smallest absolute Gasteiger partial charge is 0.246 e. The molecule has 0 radical (unpaired) electrons. The van der Waals surface area contributed by atoms with Crippen LogP contribution in [0.2, 0.25) is 0 Å². The highest BCUT2D eigenvalue weighted by Gasteiger charge is 2.25. The van der Waals surface area contributed by atoms with E-state index in [1.54, 1.807) is 30.4 Å². The summed E-state index contributed by atoms with van der Waals surface area (Å²) in [5, 5.41) is 5.33. The number of rotatable bonds is 7. The summed E-state index contributed by atoms with van der Waals surface area (Å²) in [6.07, 6.45) is 5.14. The topological polar surface area (TPSA) is 102 Å². The third-order valence-electron chi connectivity index (χ3n) is 6.57. The van der Waals surface area contributed by atoms with Crippen LogP contribution in [0.5, 0.6) is 0 Å². The molecule has 0 bridgehead atoms. The van der Waals surface area contributed by atoms with Gasteiger partial charge in [-0.2, -0.15) is 0 Å². The molecule has 192 valence electrons. The lowest BCUT2D eigenvalue weighted by Gasteiger charge is -2.20. The van der Waals surface area contributed by atoms with Crippen molar-refractivity contribution in [3.8, 4) is 11.3 Å². The highest BCUT2D eigenvalue weighted by molar-refractivity contribution is 7.17. The number of imidazole rings is 1. The minimum absolute atomic E-state index is 0.191. The van der Waals surface area contributed by atoms with Crippen LogP contribution in [0.1, 0.15) is 41.8 Å². The molecular weight excluding hydrogens is 496 g/mol. The Labute approximate surface area is 216 Å². The average molecular weight is 524 g/mol. The fourth-order valence-electron chi connectivity index (χ4n) is 4.75. The molecule has 1 aliphatic rings. The van der Waals surface area contributed by atoms with E-state index in [4.69, 9.17) is 10.7 Å². The number of benzene rings is 2. The number of fused-ring (bicyclic) bond motifs is 3. The number of nitrogens with one attached hydrogen (secondary N) is 2. The number of hydrogen-bond acceptors (Lipinski definition) is 5. The van der Waals surface area contributed by atoms with E-state index in [1.807, 2.05) is 18.3 Å².